The molecule has 2 aromatic carbocycles. The number of hydrogen-bond acceptors (Lipinski definition) is 5. The first-order chi connectivity index (χ1) is 13.2. The third-order valence-electron chi connectivity index (χ3n) is 4.74. The molecule has 0 radical (unpaired) electrons. The Hall–Kier alpha value is -1.89. The Morgan fingerprint density at radius 2 is 2.19 bits per heavy atom. The Morgan fingerprint density at radius 1 is 1.33 bits per heavy atom. The Morgan fingerprint density at radius 3 is 2.93 bits per heavy atom. The minimum Gasteiger partial charge on any atom is -0.376 e. The van der Waals surface area contributed by atoms with E-state index >= 15 is 0 Å². The van der Waals surface area contributed by atoms with Crippen molar-refractivity contribution in [1.82, 2.24) is 4.98 Å². The van der Waals surface area contributed by atoms with Gasteiger partial charge in [0, 0.05) is 17.1 Å². The van der Waals surface area contributed by atoms with Crippen LogP contribution in [0.4, 0.5) is 5.13 Å². The lowest BCUT2D eigenvalue weighted by molar-refractivity contribution is 0.0917. The number of ether oxygens (including phenoxy) is 1. The fourth-order valence-electron chi connectivity index (χ4n) is 3.37. The summed E-state index contributed by atoms with van der Waals surface area (Å²) in [5.74, 6) is -0.0149. The van der Waals surface area contributed by atoms with Gasteiger partial charge in [0.05, 0.1) is 22.9 Å². The lowest BCUT2D eigenvalue weighted by Gasteiger charge is -2.23. The molecule has 0 aliphatic carbocycles. The first-order valence-electron chi connectivity index (χ1n) is 9.09. The van der Waals surface area contributed by atoms with E-state index < -0.39 is 0 Å². The molecule has 4 rings (SSSR count). The van der Waals surface area contributed by atoms with E-state index in [-0.39, 0.29) is 12.0 Å². The summed E-state index contributed by atoms with van der Waals surface area (Å²) in [6, 6.07) is 13.9. The number of fused-ring (bicyclic) bond motifs is 1. The molecule has 2 heterocycles. The van der Waals surface area contributed by atoms with E-state index in [0.29, 0.717) is 12.1 Å². The summed E-state index contributed by atoms with van der Waals surface area (Å²) in [5.41, 5.74) is 2.74. The number of nitrogens with zero attached hydrogens (tertiary/aromatic N) is 2. The summed E-state index contributed by atoms with van der Waals surface area (Å²) in [7, 11) is 0. The van der Waals surface area contributed by atoms with E-state index in [1.807, 2.05) is 37.3 Å². The predicted octanol–water partition coefficient (Wildman–Crippen LogP) is 5.15. The van der Waals surface area contributed by atoms with Crippen molar-refractivity contribution in [1.29, 1.82) is 0 Å². The van der Waals surface area contributed by atoms with Crippen molar-refractivity contribution < 1.29 is 9.53 Å². The molecule has 4 nitrogen and oxygen atoms in total. The van der Waals surface area contributed by atoms with Crippen LogP contribution in [0.25, 0.3) is 10.2 Å². The second kappa shape index (κ2) is 8.00. The third-order valence-corrected chi connectivity index (χ3v) is 6.55. The Balaban J connectivity index is 1.74. The first kappa shape index (κ1) is 18.5. The van der Waals surface area contributed by atoms with Gasteiger partial charge in [-0.05, 0) is 50.3 Å². The number of anilines is 1. The first-order valence-corrected chi connectivity index (χ1v) is 11.1. The lowest BCUT2D eigenvalue weighted by atomic mass is 10.1. The molecule has 1 fully saturated rings. The largest absolute Gasteiger partial charge is 0.376 e. The summed E-state index contributed by atoms with van der Waals surface area (Å²) in [6.07, 6.45) is 4.16. The molecular weight excluding hydrogens is 376 g/mol. The number of benzene rings is 2. The third kappa shape index (κ3) is 3.88. The van der Waals surface area contributed by atoms with Crippen molar-refractivity contribution in [2.45, 2.75) is 30.8 Å². The Kier molecular flexibility index (Phi) is 5.48. The minimum absolute atomic E-state index is 0.0149. The van der Waals surface area contributed by atoms with E-state index in [1.165, 1.54) is 0 Å². The van der Waals surface area contributed by atoms with Gasteiger partial charge in [0.25, 0.3) is 5.91 Å². The van der Waals surface area contributed by atoms with Gasteiger partial charge in [-0.15, -0.1) is 11.8 Å². The van der Waals surface area contributed by atoms with Crippen molar-refractivity contribution in [2.75, 3.05) is 24.3 Å². The molecule has 27 heavy (non-hydrogen) atoms. The van der Waals surface area contributed by atoms with Gasteiger partial charge < -0.3 is 4.74 Å². The summed E-state index contributed by atoms with van der Waals surface area (Å²) in [6.45, 7) is 3.32. The zero-order chi connectivity index (χ0) is 18.8. The number of carbonyl (C=O) groups is 1. The molecule has 1 aliphatic heterocycles. The molecule has 1 saturated heterocycles. The maximum atomic E-state index is 13.3. The molecule has 0 spiro atoms. The van der Waals surface area contributed by atoms with Crippen LogP contribution in [0.1, 0.15) is 28.8 Å². The van der Waals surface area contributed by atoms with Crippen LogP contribution in [0.2, 0.25) is 0 Å². The number of aryl methyl sites for hydroxylation is 1. The van der Waals surface area contributed by atoms with Crippen molar-refractivity contribution >= 4 is 44.4 Å². The molecule has 1 aliphatic rings. The monoisotopic (exact) mass is 398 g/mol. The zero-order valence-electron chi connectivity index (χ0n) is 15.5. The number of hydrogen-bond donors (Lipinski definition) is 0. The second-order valence-electron chi connectivity index (χ2n) is 6.72. The van der Waals surface area contributed by atoms with Gasteiger partial charge in [-0.1, -0.05) is 35.1 Å². The van der Waals surface area contributed by atoms with Gasteiger partial charge in [0.2, 0.25) is 0 Å². The fourth-order valence-corrected chi connectivity index (χ4v) is 4.99. The topological polar surface area (TPSA) is 42.4 Å². The number of thiazole rings is 1. The quantitative estimate of drug-likeness (QED) is 0.557. The summed E-state index contributed by atoms with van der Waals surface area (Å²) < 4.78 is 6.92. The average molecular weight is 399 g/mol. The van der Waals surface area contributed by atoms with Crippen LogP contribution in [-0.2, 0) is 4.74 Å². The highest BCUT2D eigenvalue weighted by Gasteiger charge is 2.27. The predicted molar refractivity (Wildman–Crippen MR) is 113 cm³/mol. The Bertz CT molecular complexity index is 964. The number of carbonyl (C=O) groups excluding carboxylic acids is 1. The lowest BCUT2D eigenvalue weighted by Crippen LogP contribution is -2.37. The molecule has 1 amide bonds. The molecule has 3 aromatic rings. The van der Waals surface area contributed by atoms with Crippen molar-refractivity contribution in [3.63, 3.8) is 0 Å². The second-order valence-corrected chi connectivity index (χ2v) is 8.58. The van der Waals surface area contributed by atoms with E-state index in [1.54, 1.807) is 28.0 Å². The number of thioether (sulfide) groups is 1. The van der Waals surface area contributed by atoms with E-state index in [4.69, 9.17) is 9.72 Å². The smallest absolute Gasteiger partial charge is 0.260 e. The van der Waals surface area contributed by atoms with Crippen LogP contribution in [0.15, 0.2) is 47.4 Å². The van der Waals surface area contributed by atoms with Gasteiger partial charge >= 0.3 is 0 Å². The summed E-state index contributed by atoms with van der Waals surface area (Å²) in [5, 5.41) is 0.744. The summed E-state index contributed by atoms with van der Waals surface area (Å²) in [4.78, 5) is 21.1. The van der Waals surface area contributed by atoms with Crippen LogP contribution < -0.4 is 4.90 Å². The van der Waals surface area contributed by atoms with Gasteiger partial charge in [0.15, 0.2) is 5.13 Å². The highest BCUT2D eigenvalue weighted by molar-refractivity contribution is 7.98. The molecule has 0 N–H and O–H groups in total. The molecule has 1 aromatic heterocycles. The fraction of sp³-hybridized carbons (Fsp3) is 0.333. The standard InChI is InChI=1S/C21H22N2O2S2/c1-14-6-3-7-15(12-14)20(24)23(13-16-8-5-11-25-16)21-22-19-17(26-2)9-4-10-18(19)27-21/h3-4,6-7,9-10,12,16H,5,8,11,13H2,1-2H3. The Labute approximate surface area is 167 Å². The average Bonchev–Trinajstić information content (AvgIpc) is 3.34. The van der Waals surface area contributed by atoms with Crippen molar-refractivity contribution in [3.8, 4) is 0 Å². The molecule has 6 heteroatoms. The number of para-hydroxylation sites is 1. The van der Waals surface area contributed by atoms with Crippen LogP contribution >= 0.6 is 23.1 Å². The maximum Gasteiger partial charge on any atom is 0.260 e. The van der Waals surface area contributed by atoms with E-state index in [2.05, 4.69) is 18.4 Å². The van der Waals surface area contributed by atoms with Crippen LogP contribution in [0.5, 0.6) is 0 Å². The van der Waals surface area contributed by atoms with Gasteiger partial charge in [0.1, 0.15) is 0 Å². The highest BCUT2D eigenvalue weighted by atomic mass is 32.2. The van der Waals surface area contributed by atoms with E-state index in [0.717, 1.165) is 45.3 Å². The molecule has 1 unspecified atom stereocenters. The number of amides is 1. The van der Waals surface area contributed by atoms with Gasteiger partial charge in [-0.3, -0.25) is 9.69 Å². The van der Waals surface area contributed by atoms with Crippen molar-refractivity contribution in [2.24, 2.45) is 0 Å². The number of aromatic nitrogens is 1. The number of rotatable bonds is 5. The minimum atomic E-state index is -0.0149. The van der Waals surface area contributed by atoms with Gasteiger partial charge in [-0.25, -0.2) is 4.98 Å². The molecule has 0 saturated carbocycles. The SMILES string of the molecule is CSc1cccc2sc(N(CC3CCCO3)C(=O)c3cccc(C)c3)nc12. The highest BCUT2D eigenvalue weighted by Crippen LogP contribution is 2.35. The van der Waals surface area contributed by atoms with Crippen LogP contribution in [0.3, 0.4) is 0 Å². The van der Waals surface area contributed by atoms with Crippen LogP contribution in [-0.4, -0.2) is 36.4 Å². The maximum absolute atomic E-state index is 13.3. The normalized spacial score (nSPS) is 16.7. The molecule has 140 valence electrons. The van der Waals surface area contributed by atoms with Crippen molar-refractivity contribution in [3.05, 3.63) is 53.6 Å². The molecule has 1 atom stereocenters. The van der Waals surface area contributed by atoms with E-state index in [9.17, 15) is 4.79 Å². The molecular formula is C21H22N2O2S2. The van der Waals surface area contributed by atoms with Gasteiger partial charge in [-0.2, -0.15) is 0 Å². The van der Waals surface area contributed by atoms with Crippen LogP contribution in [0, 0.1) is 6.92 Å². The zero-order valence-corrected chi connectivity index (χ0v) is 17.1. The molecule has 0 bridgehead atoms. The summed E-state index contributed by atoms with van der Waals surface area (Å²) >= 11 is 3.25.